The number of rotatable bonds is 2. The van der Waals surface area contributed by atoms with Crippen LogP contribution in [0, 0.1) is 34.0 Å². The minimum Gasteiger partial charge on any atom is -0.457 e. The lowest BCUT2D eigenvalue weighted by Crippen LogP contribution is -2.85. The van der Waals surface area contributed by atoms with Crippen molar-refractivity contribution in [1.82, 2.24) is 0 Å². The fraction of sp³-hybridized carbons (Fsp3) is 0.593. The summed E-state index contributed by atoms with van der Waals surface area (Å²) in [6.07, 6.45) is -0.774. The van der Waals surface area contributed by atoms with Gasteiger partial charge in [0.15, 0.2) is 5.78 Å². The van der Waals surface area contributed by atoms with Crippen LogP contribution in [0.5, 0.6) is 0 Å². The van der Waals surface area contributed by atoms with Gasteiger partial charge in [-0.3, -0.25) is 9.59 Å². The van der Waals surface area contributed by atoms with Crippen molar-refractivity contribution in [2.45, 2.75) is 57.5 Å². The van der Waals surface area contributed by atoms with E-state index in [4.69, 9.17) is 21.1 Å². The number of aliphatic hydroxyl groups is 2. The molecule has 6 fully saturated rings. The van der Waals surface area contributed by atoms with Gasteiger partial charge in [0.2, 0.25) is 5.79 Å². The number of halogens is 1. The largest absolute Gasteiger partial charge is 0.457 e. The van der Waals surface area contributed by atoms with Crippen molar-refractivity contribution in [3.63, 3.8) is 0 Å². The molecule has 7 nitrogen and oxygen atoms in total. The van der Waals surface area contributed by atoms with Crippen LogP contribution in [0.1, 0.15) is 49.9 Å². The van der Waals surface area contributed by atoms with Crippen LogP contribution in [0.25, 0.3) is 0 Å². The number of ether oxygens (including phenoxy) is 2. The predicted molar refractivity (Wildman–Crippen MR) is 124 cm³/mol. The normalized spacial score (nSPS) is 45.2. The summed E-state index contributed by atoms with van der Waals surface area (Å²) in [6, 6.07) is 6.18. The molecule has 4 aliphatic carbocycles. The van der Waals surface area contributed by atoms with Crippen LogP contribution in [0.2, 0.25) is 5.02 Å². The van der Waals surface area contributed by atoms with Gasteiger partial charge in [0.1, 0.15) is 23.4 Å². The van der Waals surface area contributed by atoms with E-state index in [1.165, 1.54) is 12.1 Å². The molecule has 2 N–H and O–H groups in total. The second-order valence-electron chi connectivity index (χ2n) is 11.7. The van der Waals surface area contributed by atoms with Gasteiger partial charge in [0.05, 0.1) is 17.6 Å². The summed E-state index contributed by atoms with van der Waals surface area (Å²) in [5.41, 5.74) is -2.93. The second kappa shape index (κ2) is 7.03. The van der Waals surface area contributed by atoms with Gasteiger partial charge in [-0.1, -0.05) is 32.0 Å². The Hall–Kier alpha value is -2.06. The number of hydrogen-bond donors (Lipinski definition) is 2. The summed E-state index contributed by atoms with van der Waals surface area (Å²) in [7, 11) is 0. The lowest BCUT2D eigenvalue weighted by atomic mass is 9.36. The highest BCUT2D eigenvalue weighted by Gasteiger charge is 2.88. The minimum atomic E-state index is -2.31. The third kappa shape index (κ3) is 2.50. The number of ketones is 2. The number of esters is 1. The van der Waals surface area contributed by atoms with Gasteiger partial charge in [-0.2, -0.15) is 0 Å². The van der Waals surface area contributed by atoms with Crippen molar-refractivity contribution in [2.24, 2.45) is 34.0 Å². The standard InChI is InChI=1S/C27H29ClO7/c1-13-16-8-9-17-25-12-34-27(33,21(31)19(25)24(2,3)11-10-18(25)29)26(17,20(13)30)22(16)35-23(32)14-4-6-15(28)7-5-14/h4-7,16-17,19,21-22,31,33H,1,8-12H2,2-3H3/t16-,17-,19+,21-,22+,25?,26?,27-/m0/s1. The summed E-state index contributed by atoms with van der Waals surface area (Å²) in [4.78, 5) is 40.9. The summed E-state index contributed by atoms with van der Waals surface area (Å²) in [6.45, 7) is 7.92. The Morgan fingerprint density at radius 3 is 2.57 bits per heavy atom. The molecule has 8 heteroatoms. The Bertz CT molecular complexity index is 1170. The molecule has 35 heavy (non-hydrogen) atoms. The molecule has 1 aromatic rings. The Balaban J connectivity index is 1.53. The van der Waals surface area contributed by atoms with Gasteiger partial charge in [0, 0.05) is 23.3 Å². The predicted octanol–water partition coefficient (Wildman–Crippen LogP) is 3.10. The smallest absolute Gasteiger partial charge is 0.338 e. The van der Waals surface area contributed by atoms with E-state index in [9.17, 15) is 24.6 Å². The minimum absolute atomic E-state index is 0.0569. The van der Waals surface area contributed by atoms with Gasteiger partial charge in [-0.05, 0) is 60.4 Å². The van der Waals surface area contributed by atoms with E-state index in [0.29, 0.717) is 30.7 Å². The van der Waals surface area contributed by atoms with Crippen LogP contribution in [-0.2, 0) is 19.1 Å². The lowest BCUT2D eigenvalue weighted by Gasteiger charge is -2.72. The average Bonchev–Trinajstić information content (AvgIpc) is 2.93. The molecule has 0 radical (unpaired) electrons. The van der Waals surface area contributed by atoms with Crippen molar-refractivity contribution in [3.05, 3.63) is 47.0 Å². The van der Waals surface area contributed by atoms with E-state index < -0.39 is 63.7 Å². The number of carbonyl (C=O) groups is 3. The molecule has 2 spiro atoms. The first-order valence-corrected chi connectivity index (χ1v) is 12.6. The highest BCUT2D eigenvalue weighted by molar-refractivity contribution is 6.30. The van der Waals surface area contributed by atoms with Crippen LogP contribution in [0.4, 0.5) is 0 Å². The molecule has 2 unspecified atom stereocenters. The fourth-order valence-electron chi connectivity index (χ4n) is 8.53. The number of benzene rings is 1. The maximum absolute atomic E-state index is 14.0. The molecule has 2 saturated heterocycles. The van der Waals surface area contributed by atoms with E-state index in [1.807, 2.05) is 13.8 Å². The number of Topliss-reactive ketones (excluding diaryl/α,β-unsaturated/α-hetero) is 2. The van der Waals surface area contributed by atoms with E-state index in [0.717, 1.165) is 0 Å². The monoisotopic (exact) mass is 500 g/mol. The van der Waals surface area contributed by atoms with Crippen LogP contribution >= 0.6 is 11.6 Å². The number of fused-ring (bicyclic) bond motifs is 2. The van der Waals surface area contributed by atoms with Gasteiger partial charge < -0.3 is 19.7 Å². The van der Waals surface area contributed by atoms with Gasteiger partial charge >= 0.3 is 5.97 Å². The van der Waals surface area contributed by atoms with E-state index in [-0.39, 0.29) is 23.5 Å². The molecule has 0 aromatic heterocycles. The quantitative estimate of drug-likeness (QED) is 0.474. The molecule has 6 aliphatic rings. The molecular weight excluding hydrogens is 472 g/mol. The van der Waals surface area contributed by atoms with Gasteiger partial charge in [-0.15, -0.1) is 0 Å². The molecule has 0 amide bonds. The molecule has 2 aliphatic heterocycles. The Morgan fingerprint density at radius 1 is 1.20 bits per heavy atom. The zero-order valence-corrected chi connectivity index (χ0v) is 20.5. The molecule has 186 valence electrons. The van der Waals surface area contributed by atoms with E-state index in [1.54, 1.807) is 12.1 Å². The molecule has 7 rings (SSSR count). The summed E-state index contributed by atoms with van der Waals surface area (Å²) in [5, 5.41) is 24.3. The van der Waals surface area contributed by atoms with Crippen molar-refractivity contribution in [3.8, 4) is 0 Å². The molecule has 8 atom stereocenters. The topological polar surface area (TPSA) is 110 Å². The van der Waals surface area contributed by atoms with Crippen LogP contribution in [-0.4, -0.2) is 52.4 Å². The Kier molecular flexibility index (Phi) is 4.69. The Morgan fingerprint density at radius 2 is 1.89 bits per heavy atom. The second-order valence-corrected chi connectivity index (χ2v) is 12.1. The van der Waals surface area contributed by atoms with Crippen molar-refractivity contribution >= 4 is 29.1 Å². The maximum atomic E-state index is 14.0. The first-order chi connectivity index (χ1) is 16.4. The number of hydrogen-bond acceptors (Lipinski definition) is 7. The van der Waals surface area contributed by atoms with Crippen molar-refractivity contribution in [1.29, 1.82) is 0 Å². The van der Waals surface area contributed by atoms with Crippen molar-refractivity contribution < 1.29 is 34.1 Å². The molecule has 1 aromatic carbocycles. The zero-order chi connectivity index (χ0) is 25.1. The van der Waals surface area contributed by atoms with Crippen LogP contribution in [0.15, 0.2) is 36.4 Å². The number of carbonyl (C=O) groups excluding carboxylic acids is 3. The van der Waals surface area contributed by atoms with Crippen LogP contribution in [0.3, 0.4) is 0 Å². The van der Waals surface area contributed by atoms with E-state index in [2.05, 4.69) is 6.58 Å². The fourth-order valence-corrected chi connectivity index (χ4v) is 8.66. The highest BCUT2D eigenvalue weighted by Crippen LogP contribution is 2.76. The summed E-state index contributed by atoms with van der Waals surface area (Å²) in [5.74, 6) is -5.28. The molecule has 4 saturated carbocycles. The maximum Gasteiger partial charge on any atom is 0.338 e. The van der Waals surface area contributed by atoms with Gasteiger partial charge in [-0.25, -0.2) is 4.79 Å². The van der Waals surface area contributed by atoms with Crippen molar-refractivity contribution in [2.75, 3.05) is 6.61 Å². The Labute approximate surface area is 208 Å². The summed E-state index contributed by atoms with van der Waals surface area (Å²) >= 11 is 5.95. The first-order valence-electron chi connectivity index (χ1n) is 12.2. The molecular formula is C27H29ClO7. The van der Waals surface area contributed by atoms with Crippen LogP contribution < -0.4 is 0 Å². The zero-order valence-electron chi connectivity index (χ0n) is 19.8. The highest BCUT2D eigenvalue weighted by atomic mass is 35.5. The molecule has 2 heterocycles. The third-order valence-corrected chi connectivity index (χ3v) is 10.2. The first kappa shape index (κ1) is 23.3. The van der Waals surface area contributed by atoms with E-state index >= 15 is 0 Å². The third-order valence-electron chi connectivity index (χ3n) is 9.93. The lowest BCUT2D eigenvalue weighted by molar-refractivity contribution is -0.436. The summed E-state index contributed by atoms with van der Waals surface area (Å²) < 4.78 is 12.0. The SMILES string of the molecule is C=C1C(=O)C23[C@H](OC(=O)c4ccc(Cl)cc4)[C@H]1CC[C@H]2C12CO[C@@]3(O)[C@@H](O)[C@@H]1C(C)(C)CCC2=O. The van der Waals surface area contributed by atoms with Gasteiger partial charge in [0.25, 0.3) is 0 Å². The average molecular weight is 501 g/mol. The molecule has 4 bridgehead atoms. The number of aliphatic hydroxyl groups excluding tert-OH is 1.